The van der Waals surface area contributed by atoms with Crippen molar-refractivity contribution >= 4 is 15.5 Å². The molecule has 2 aromatic rings. The minimum absolute atomic E-state index is 0.132. The molecule has 0 unspecified atom stereocenters. The number of hydrogen-bond acceptors (Lipinski definition) is 6. The molecule has 6 nitrogen and oxygen atoms in total. The average molecular weight is 295 g/mol. The first kappa shape index (κ1) is 14.5. The monoisotopic (exact) mass is 295 g/mol. The minimum Gasteiger partial charge on any atom is -0.377 e. The van der Waals surface area contributed by atoms with Crippen molar-refractivity contribution in [3.8, 4) is 0 Å². The van der Waals surface area contributed by atoms with Gasteiger partial charge in [-0.15, -0.1) is 0 Å². The van der Waals surface area contributed by atoms with Crippen molar-refractivity contribution in [3.63, 3.8) is 0 Å². The van der Waals surface area contributed by atoms with E-state index in [0.717, 1.165) is 0 Å². The van der Waals surface area contributed by atoms with E-state index in [1.165, 1.54) is 0 Å². The predicted molar refractivity (Wildman–Crippen MR) is 75.1 cm³/mol. The predicted octanol–water partition coefficient (Wildman–Crippen LogP) is 2.17. The van der Waals surface area contributed by atoms with Gasteiger partial charge in [-0.3, -0.25) is 0 Å². The topological polar surface area (TPSA) is 85.1 Å². The van der Waals surface area contributed by atoms with Gasteiger partial charge in [-0.25, -0.2) is 8.42 Å². The van der Waals surface area contributed by atoms with E-state index >= 15 is 0 Å². The zero-order valence-electron chi connectivity index (χ0n) is 11.5. The number of rotatable bonds is 6. The summed E-state index contributed by atoms with van der Waals surface area (Å²) in [5.41, 5.74) is 0.559. The Bertz CT molecular complexity index is 680. The van der Waals surface area contributed by atoms with Crippen LogP contribution in [0.1, 0.15) is 25.1 Å². The van der Waals surface area contributed by atoms with Gasteiger partial charge in [-0.1, -0.05) is 24.2 Å². The van der Waals surface area contributed by atoms with Crippen molar-refractivity contribution in [3.05, 3.63) is 36.0 Å². The molecule has 7 heteroatoms. The molecule has 1 N–H and O–H groups in total. The van der Waals surface area contributed by atoms with Gasteiger partial charge in [0, 0.05) is 6.92 Å². The summed E-state index contributed by atoms with van der Waals surface area (Å²) in [6, 6.07) is 6.84. The van der Waals surface area contributed by atoms with Gasteiger partial charge in [0.15, 0.2) is 15.7 Å². The lowest BCUT2D eigenvalue weighted by Gasteiger charge is -2.10. The maximum Gasteiger partial charge on any atom is 0.223 e. The molecule has 0 aliphatic rings. The highest BCUT2D eigenvalue weighted by molar-refractivity contribution is 7.91. The molecule has 0 atom stereocenters. The van der Waals surface area contributed by atoms with Gasteiger partial charge >= 0.3 is 0 Å². The van der Waals surface area contributed by atoms with Crippen LogP contribution in [0.5, 0.6) is 0 Å². The van der Waals surface area contributed by atoms with Crippen LogP contribution in [0.3, 0.4) is 0 Å². The lowest BCUT2D eigenvalue weighted by Crippen LogP contribution is -2.10. The number of nitrogens with one attached hydrogen (secondary N) is 1. The first-order valence-corrected chi connectivity index (χ1v) is 8.03. The summed E-state index contributed by atoms with van der Waals surface area (Å²) in [6.45, 7) is 3.86. The van der Waals surface area contributed by atoms with Crippen LogP contribution in [0.15, 0.2) is 33.7 Å². The number of anilines is 1. The summed E-state index contributed by atoms with van der Waals surface area (Å²) in [5.74, 6) is 1.10. The summed E-state index contributed by atoms with van der Waals surface area (Å²) >= 11 is 0. The Balaban J connectivity index is 2.20. The fraction of sp³-hybridized carbons (Fsp3) is 0.385. The quantitative estimate of drug-likeness (QED) is 0.879. The van der Waals surface area contributed by atoms with Crippen LogP contribution in [-0.2, 0) is 16.4 Å². The minimum atomic E-state index is -3.27. The Morgan fingerprint density at radius 3 is 2.70 bits per heavy atom. The first-order chi connectivity index (χ1) is 9.53. The van der Waals surface area contributed by atoms with Gasteiger partial charge in [0.05, 0.1) is 22.9 Å². The second-order valence-electron chi connectivity index (χ2n) is 4.40. The highest BCUT2D eigenvalue weighted by atomic mass is 32.2. The number of benzene rings is 1. The van der Waals surface area contributed by atoms with Gasteiger partial charge in [-0.05, 0) is 18.6 Å². The fourth-order valence-corrected chi connectivity index (χ4v) is 3.37. The normalized spacial score (nSPS) is 11.5. The van der Waals surface area contributed by atoms with Crippen LogP contribution < -0.4 is 5.32 Å². The summed E-state index contributed by atoms with van der Waals surface area (Å²) in [7, 11) is -3.27. The lowest BCUT2D eigenvalue weighted by molar-refractivity contribution is 0.388. The Hall–Kier alpha value is -1.89. The molecule has 0 radical (unpaired) electrons. The Morgan fingerprint density at radius 1 is 1.30 bits per heavy atom. The molecule has 0 aliphatic heterocycles. The third-order valence-corrected chi connectivity index (χ3v) is 4.67. The van der Waals surface area contributed by atoms with Crippen molar-refractivity contribution < 1.29 is 12.9 Å². The molecule has 1 heterocycles. The number of nitrogens with zero attached hydrogens (tertiary/aromatic N) is 2. The molecular formula is C13H17N3O3S. The molecule has 0 saturated heterocycles. The molecular weight excluding hydrogens is 278 g/mol. The number of para-hydroxylation sites is 1. The van der Waals surface area contributed by atoms with Crippen LogP contribution in [0.2, 0.25) is 0 Å². The number of hydrogen-bond donors (Lipinski definition) is 1. The van der Waals surface area contributed by atoms with Crippen molar-refractivity contribution in [2.45, 2.75) is 31.7 Å². The van der Waals surface area contributed by atoms with Crippen molar-refractivity contribution in [1.29, 1.82) is 0 Å². The number of aryl methyl sites for hydroxylation is 1. The van der Waals surface area contributed by atoms with E-state index in [1.54, 1.807) is 31.2 Å². The smallest absolute Gasteiger partial charge is 0.223 e. The van der Waals surface area contributed by atoms with Crippen molar-refractivity contribution in [1.82, 2.24) is 10.1 Å². The molecule has 108 valence electrons. The molecule has 1 aromatic carbocycles. The molecule has 0 fully saturated rings. The molecule has 20 heavy (non-hydrogen) atoms. The number of sulfone groups is 1. The molecule has 0 spiro atoms. The van der Waals surface area contributed by atoms with Crippen molar-refractivity contribution in [2.75, 3.05) is 11.1 Å². The van der Waals surface area contributed by atoms with Gasteiger partial charge in [0.25, 0.3) is 0 Å². The van der Waals surface area contributed by atoms with Gasteiger partial charge in [0.1, 0.15) is 0 Å². The van der Waals surface area contributed by atoms with Crippen LogP contribution in [0.25, 0.3) is 0 Å². The zero-order chi connectivity index (χ0) is 14.6. The van der Waals surface area contributed by atoms with E-state index in [9.17, 15) is 8.42 Å². The summed E-state index contributed by atoms with van der Waals surface area (Å²) in [5, 5.41) is 6.80. The van der Waals surface area contributed by atoms with Gasteiger partial charge in [-0.2, -0.15) is 4.98 Å². The van der Waals surface area contributed by atoms with Gasteiger partial charge < -0.3 is 9.84 Å². The molecule has 1 aromatic heterocycles. The van der Waals surface area contributed by atoms with Crippen LogP contribution in [-0.4, -0.2) is 24.3 Å². The third kappa shape index (κ3) is 3.36. The maximum atomic E-state index is 12.2. The van der Waals surface area contributed by atoms with E-state index in [2.05, 4.69) is 15.5 Å². The highest BCUT2D eigenvalue weighted by Gasteiger charge is 2.17. The van der Waals surface area contributed by atoms with E-state index in [-0.39, 0.29) is 5.75 Å². The summed E-state index contributed by atoms with van der Waals surface area (Å²) in [6.07, 6.45) is 0.584. The lowest BCUT2D eigenvalue weighted by atomic mass is 10.3. The van der Waals surface area contributed by atoms with Crippen LogP contribution in [0.4, 0.5) is 5.69 Å². The highest BCUT2D eigenvalue weighted by Crippen LogP contribution is 2.22. The molecule has 0 aliphatic carbocycles. The van der Waals surface area contributed by atoms with Crippen LogP contribution >= 0.6 is 0 Å². The Morgan fingerprint density at radius 2 is 2.05 bits per heavy atom. The van der Waals surface area contributed by atoms with Gasteiger partial charge in [0.2, 0.25) is 5.89 Å². The Kier molecular flexibility index (Phi) is 4.39. The SMILES string of the molecule is CCCS(=O)(=O)c1ccccc1NCc1noc(C)n1. The average Bonchev–Trinajstić information content (AvgIpc) is 2.82. The van der Waals surface area contributed by atoms with E-state index in [1.807, 2.05) is 6.92 Å². The largest absolute Gasteiger partial charge is 0.377 e. The molecule has 0 bridgehead atoms. The van der Waals surface area contributed by atoms with Crippen LogP contribution in [0, 0.1) is 6.92 Å². The Labute approximate surface area is 118 Å². The third-order valence-electron chi connectivity index (χ3n) is 2.70. The summed E-state index contributed by atoms with van der Waals surface area (Å²) in [4.78, 5) is 4.37. The molecule has 2 rings (SSSR count). The molecule has 0 saturated carbocycles. The first-order valence-electron chi connectivity index (χ1n) is 6.38. The van der Waals surface area contributed by atoms with E-state index in [4.69, 9.17) is 4.52 Å². The fourth-order valence-electron chi connectivity index (χ4n) is 1.85. The molecule has 0 amide bonds. The number of aromatic nitrogens is 2. The van der Waals surface area contributed by atoms with E-state index < -0.39 is 9.84 Å². The zero-order valence-corrected chi connectivity index (χ0v) is 12.3. The second kappa shape index (κ2) is 6.04. The van der Waals surface area contributed by atoms with Crippen molar-refractivity contribution in [2.24, 2.45) is 0 Å². The maximum absolute atomic E-state index is 12.2. The summed E-state index contributed by atoms with van der Waals surface area (Å²) < 4.78 is 29.2. The standard InChI is InChI=1S/C13H17N3O3S/c1-3-8-20(17,18)12-7-5-4-6-11(12)14-9-13-15-10(2)19-16-13/h4-7,14H,3,8-9H2,1-2H3. The van der Waals surface area contributed by atoms with E-state index in [0.29, 0.717) is 35.3 Å². The second-order valence-corrected chi connectivity index (χ2v) is 6.48.